The van der Waals surface area contributed by atoms with E-state index in [-0.39, 0.29) is 12.4 Å². The lowest BCUT2D eigenvalue weighted by Gasteiger charge is -2.09. The first kappa shape index (κ1) is 39.0. The molecular weight excluding hydrogens is 519 g/mol. The number of hydrogen-bond acceptors (Lipinski definition) is 1. The normalized spacial score (nSPS) is 13.5. The summed E-state index contributed by atoms with van der Waals surface area (Å²) in [5, 5.41) is 1.04. The van der Waals surface area contributed by atoms with Gasteiger partial charge in [-0.2, -0.15) is 0 Å². The highest BCUT2D eigenvalue weighted by Gasteiger charge is 2.27. The van der Waals surface area contributed by atoms with Gasteiger partial charge in [0.2, 0.25) is 0 Å². The van der Waals surface area contributed by atoms with Gasteiger partial charge in [-0.25, -0.2) is 9.48 Å². The van der Waals surface area contributed by atoms with E-state index in [0.717, 1.165) is 31.5 Å². The van der Waals surface area contributed by atoms with E-state index in [2.05, 4.69) is 23.3 Å². The second-order valence-electron chi connectivity index (χ2n) is 12.4. The average molecular weight is 590 g/mol. The quantitative estimate of drug-likeness (QED) is 0.0461. The fourth-order valence-corrected chi connectivity index (χ4v) is 6.37. The lowest BCUT2D eigenvalue weighted by molar-refractivity contribution is -0.516. The molecular formula is C35H70Cl2N2. The van der Waals surface area contributed by atoms with Crippen molar-refractivity contribution in [1.29, 1.82) is 0 Å². The Morgan fingerprint density at radius 3 is 1.15 bits per heavy atom. The molecule has 1 aliphatic rings. The first-order chi connectivity index (χ1) is 18.8. The van der Waals surface area contributed by atoms with Crippen molar-refractivity contribution in [3.8, 4) is 0 Å². The van der Waals surface area contributed by atoms with E-state index in [4.69, 9.17) is 11.6 Å². The molecule has 0 saturated carbocycles. The molecule has 0 aromatic rings. The fraction of sp³-hybridized carbons (Fsp3) is 0.971. The first-order valence-corrected chi connectivity index (χ1v) is 18.2. The zero-order valence-corrected chi connectivity index (χ0v) is 28.3. The van der Waals surface area contributed by atoms with Crippen LogP contribution in [0.5, 0.6) is 0 Å². The molecule has 0 atom stereocenters. The molecule has 0 radical (unpaired) electrons. The maximum Gasteiger partial charge on any atom is 0.345 e. The van der Waals surface area contributed by atoms with Crippen LogP contribution in [-0.2, 0) is 0 Å². The van der Waals surface area contributed by atoms with Crippen molar-refractivity contribution in [1.82, 2.24) is 4.90 Å². The number of rotatable bonds is 30. The van der Waals surface area contributed by atoms with Gasteiger partial charge in [0.1, 0.15) is 13.1 Å². The maximum atomic E-state index is 6.73. The lowest BCUT2D eigenvalue weighted by atomic mass is 10.0. The SMILES string of the molecule is CCCCCCCCCCCCCCCCN1CC[N+](CCCCCCCCCCCCCCCC)=C1Cl.[Cl-]. The van der Waals surface area contributed by atoms with Gasteiger partial charge in [-0.05, 0) is 25.7 Å². The number of hydrogen-bond donors (Lipinski definition) is 0. The van der Waals surface area contributed by atoms with Crippen LogP contribution in [0, 0.1) is 0 Å². The van der Waals surface area contributed by atoms with Gasteiger partial charge < -0.3 is 12.4 Å². The molecule has 1 heterocycles. The summed E-state index contributed by atoms with van der Waals surface area (Å²) < 4.78 is 2.44. The molecule has 0 spiro atoms. The van der Waals surface area contributed by atoms with Crippen LogP contribution in [0.4, 0.5) is 0 Å². The van der Waals surface area contributed by atoms with E-state index in [9.17, 15) is 0 Å². The van der Waals surface area contributed by atoms with Gasteiger partial charge in [0.15, 0.2) is 0 Å². The molecule has 2 nitrogen and oxygen atoms in total. The van der Waals surface area contributed by atoms with Crippen LogP contribution < -0.4 is 12.4 Å². The molecule has 1 aliphatic heterocycles. The highest BCUT2D eigenvalue weighted by Crippen LogP contribution is 2.16. The van der Waals surface area contributed by atoms with Crippen LogP contribution >= 0.6 is 11.6 Å². The summed E-state index contributed by atoms with van der Waals surface area (Å²) >= 11 is 6.73. The van der Waals surface area contributed by atoms with Crippen LogP contribution in [0.2, 0.25) is 0 Å². The monoisotopic (exact) mass is 588 g/mol. The van der Waals surface area contributed by atoms with Crippen LogP contribution in [-0.4, -0.2) is 40.9 Å². The average Bonchev–Trinajstić information content (AvgIpc) is 3.27. The van der Waals surface area contributed by atoms with Crippen LogP contribution in [0.15, 0.2) is 0 Å². The van der Waals surface area contributed by atoms with Crippen molar-refractivity contribution in [2.24, 2.45) is 0 Å². The van der Waals surface area contributed by atoms with Crippen LogP contribution in [0.25, 0.3) is 0 Å². The predicted molar refractivity (Wildman–Crippen MR) is 173 cm³/mol. The van der Waals surface area contributed by atoms with Crippen molar-refractivity contribution >= 4 is 16.9 Å². The summed E-state index contributed by atoms with van der Waals surface area (Å²) in [4.78, 5) is 2.44. The van der Waals surface area contributed by atoms with Crippen molar-refractivity contribution in [2.45, 2.75) is 194 Å². The standard InChI is InChI=1S/C35H70ClN2.ClH/c1-3-5-7-9-11-13-15-17-19-21-23-25-27-29-31-37-33-34-38(35(37)36)32-30-28-26-24-22-20-18-16-14-12-10-8-6-4-2;/h3-34H2,1-2H3;1H/q+1;/p-1. The summed E-state index contributed by atoms with van der Waals surface area (Å²) in [7, 11) is 0. The molecule has 0 unspecified atom stereocenters. The van der Waals surface area contributed by atoms with Crippen LogP contribution in [0.1, 0.15) is 194 Å². The number of amidine groups is 1. The summed E-state index contributed by atoms with van der Waals surface area (Å²) in [6, 6.07) is 0. The Morgan fingerprint density at radius 1 is 0.487 bits per heavy atom. The number of halogens is 2. The molecule has 234 valence electrons. The Kier molecular flexibility index (Phi) is 31.0. The van der Waals surface area contributed by atoms with E-state index >= 15 is 0 Å². The highest BCUT2D eigenvalue weighted by molar-refractivity contribution is 6.63. The predicted octanol–water partition coefficient (Wildman–Crippen LogP) is 8.88. The van der Waals surface area contributed by atoms with E-state index in [1.807, 2.05) is 0 Å². The molecule has 0 amide bonds. The smallest absolute Gasteiger partial charge is 0.345 e. The number of unbranched alkanes of at least 4 members (excludes halogenated alkanes) is 26. The Labute approximate surface area is 257 Å². The lowest BCUT2D eigenvalue weighted by Crippen LogP contribution is -3.00. The maximum absolute atomic E-state index is 6.73. The van der Waals surface area contributed by atoms with Crippen molar-refractivity contribution in [3.63, 3.8) is 0 Å². The number of nitrogens with zero attached hydrogens (tertiary/aromatic N) is 2. The third-order valence-electron chi connectivity index (χ3n) is 8.72. The summed E-state index contributed by atoms with van der Waals surface area (Å²) in [5.74, 6) is 0. The van der Waals surface area contributed by atoms with Gasteiger partial charge in [0.05, 0.1) is 13.1 Å². The van der Waals surface area contributed by atoms with E-state index in [1.54, 1.807) is 0 Å². The third kappa shape index (κ3) is 24.4. The molecule has 1 rings (SSSR count). The largest absolute Gasteiger partial charge is 1.00 e. The zero-order chi connectivity index (χ0) is 27.4. The van der Waals surface area contributed by atoms with Gasteiger partial charge in [-0.15, -0.1) is 0 Å². The molecule has 0 N–H and O–H groups in total. The van der Waals surface area contributed by atoms with Gasteiger partial charge >= 0.3 is 5.29 Å². The summed E-state index contributed by atoms with van der Waals surface area (Å²) in [5.41, 5.74) is 0. The molecule has 39 heavy (non-hydrogen) atoms. The van der Waals surface area contributed by atoms with Crippen molar-refractivity contribution < 1.29 is 17.0 Å². The molecule has 0 fully saturated rings. The molecule has 0 aromatic carbocycles. The molecule has 0 aromatic heterocycles. The fourth-order valence-electron chi connectivity index (χ4n) is 6.03. The Morgan fingerprint density at radius 2 is 0.795 bits per heavy atom. The van der Waals surface area contributed by atoms with Gasteiger partial charge in [-0.1, -0.05) is 168 Å². The topological polar surface area (TPSA) is 6.25 Å². The van der Waals surface area contributed by atoms with Gasteiger partial charge in [0, 0.05) is 11.6 Å². The van der Waals surface area contributed by atoms with E-state index < -0.39 is 0 Å². The second kappa shape index (κ2) is 31.0. The zero-order valence-electron chi connectivity index (χ0n) is 26.8. The molecule has 0 bridgehead atoms. The minimum absolute atomic E-state index is 0. The second-order valence-corrected chi connectivity index (χ2v) is 12.8. The van der Waals surface area contributed by atoms with E-state index in [1.165, 1.54) is 180 Å². The minimum atomic E-state index is 0. The van der Waals surface area contributed by atoms with E-state index in [0.29, 0.717) is 0 Å². The third-order valence-corrected chi connectivity index (χ3v) is 9.20. The van der Waals surface area contributed by atoms with Gasteiger partial charge in [0.25, 0.3) is 0 Å². The minimum Gasteiger partial charge on any atom is -1.00 e. The molecule has 4 heteroatoms. The van der Waals surface area contributed by atoms with Gasteiger partial charge in [-0.3, -0.25) is 0 Å². The summed E-state index contributed by atoms with van der Waals surface area (Å²) in [6.07, 6.45) is 39.9. The Bertz CT molecular complexity index is 523. The first-order valence-electron chi connectivity index (χ1n) is 17.8. The molecule has 0 aliphatic carbocycles. The van der Waals surface area contributed by atoms with Crippen molar-refractivity contribution in [3.05, 3.63) is 0 Å². The summed E-state index contributed by atoms with van der Waals surface area (Å²) in [6.45, 7) is 9.19. The Hall–Kier alpha value is 0.0500. The van der Waals surface area contributed by atoms with Crippen LogP contribution in [0.3, 0.4) is 0 Å². The Balaban J connectivity index is 0.0000144. The van der Waals surface area contributed by atoms with Crippen molar-refractivity contribution in [2.75, 3.05) is 26.2 Å². The highest BCUT2D eigenvalue weighted by atomic mass is 35.5. The molecule has 0 saturated heterocycles.